The molecule has 2 aliphatic rings. The summed E-state index contributed by atoms with van der Waals surface area (Å²) in [5.41, 5.74) is 3.15. The number of hydrogen-bond donors (Lipinski definition) is 3. The van der Waals surface area contributed by atoms with Gasteiger partial charge >= 0.3 is 0 Å². The number of amides is 3. The second kappa shape index (κ2) is 9.37. The molecular formula is C29H25N9O3. The van der Waals surface area contributed by atoms with Crippen molar-refractivity contribution in [3.63, 3.8) is 0 Å². The van der Waals surface area contributed by atoms with Crippen LogP contribution >= 0.6 is 0 Å². The van der Waals surface area contributed by atoms with Crippen molar-refractivity contribution in [1.29, 1.82) is 0 Å². The molecule has 5 aromatic rings. The maximum atomic E-state index is 14.4. The van der Waals surface area contributed by atoms with E-state index in [9.17, 15) is 14.4 Å². The lowest BCUT2D eigenvalue weighted by atomic mass is 9.70. The lowest BCUT2D eigenvalue weighted by Crippen LogP contribution is -2.49. The summed E-state index contributed by atoms with van der Waals surface area (Å²) in [4.78, 5) is 58.1. The van der Waals surface area contributed by atoms with Crippen molar-refractivity contribution in [1.82, 2.24) is 35.0 Å². The van der Waals surface area contributed by atoms with Crippen LogP contribution in [-0.4, -0.2) is 60.5 Å². The maximum Gasteiger partial charge on any atom is 0.243 e. The Hall–Kier alpha value is -5.39. The van der Waals surface area contributed by atoms with Crippen molar-refractivity contribution in [2.24, 2.45) is 0 Å². The Morgan fingerprint density at radius 3 is 2.71 bits per heavy atom. The molecule has 0 saturated carbocycles. The van der Waals surface area contributed by atoms with E-state index in [1.54, 1.807) is 6.92 Å². The SMILES string of the molecule is Cc1nn(-c2ncnc3nc[nH]c23)c2c1[C@]1(CC(=O)N2)C(=O)N(CC(=O)NCCc2ccccc2)c2ccccc21. The van der Waals surface area contributed by atoms with Crippen molar-refractivity contribution in [3.05, 3.63) is 89.6 Å². The van der Waals surface area contributed by atoms with E-state index in [1.807, 2.05) is 54.6 Å². The predicted molar refractivity (Wildman–Crippen MR) is 150 cm³/mol. The average molecular weight is 548 g/mol. The molecule has 3 aromatic heterocycles. The number of aryl methyl sites for hydroxylation is 1. The highest BCUT2D eigenvalue weighted by Gasteiger charge is 2.58. The summed E-state index contributed by atoms with van der Waals surface area (Å²) in [6.45, 7) is 2.07. The third kappa shape index (κ3) is 3.78. The number of aromatic nitrogens is 6. The predicted octanol–water partition coefficient (Wildman–Crippen LogP) is 2.18. The fraction of sp³-hybridized carbons (Fsp3) is 0.207. The molecule has 2 aliphatic heterocycles. The molecule has 0 bridgehead atoms. The quantitative estimate of drug-likeness (QED) is 0.295. The standard InChI is InChI=1S/C29H25N9O3/c1-17-23-26(38(36-17)27-24-25(32-15-31-24)33-16-34-27)35-21(39)13-29(23)19-9-5-6-10-20(19)37(28(29)41)14-22(40)30-12-11-18-7-3-2-4-8-18/h2-10,15-16H,11-14H2,1H3,(H,30,40)(H,35,39)(H,31,32,33,34)/t29-/m1/s1. The number of imidazole rings is 1. The number of nitrogens with one attached hydrogen (secondary N) is 3. The third-order valence-corrected chi connectivity index (χ3v) is 7.72. The topological polar surface area (TPSA) is 151 Å². The fourth-order valence-corrected chi connectivity index (χ4v) is 6.01. The van der Waals surface area contributed by atoms with Crippen LogP contribution in [0.15, 0.2) is 67.3 Å². The molecule has 12 heteroatoms. The van der Waals surface area contributed by atoms with E-state index in [0.29, 0.717) is 58.3 Å². The molecule has 2 aromatic carbocycles. The van der Waals surface area contributed by atoms with E-state index in [-0.39, 0.29) is 30.7 Å². The second-order valence-corrected chi connectivity index (χ2v) is 10.1. The van der Waals surface area contributed by atoms with Gasteiger partial charge < -0.3 is 20.5 Å². The first-order valence-electron chi connectivity index (χ1n) is 13.2. The second-order valence-electron chi connectivity index (χ2n) is 10.1. The molecule has 0 unspecified atom stereocenters. The number of benzene rings is 2. The first-order chi connectivity index (χ1) is 20.0. The average Bonchev–Trinajstić information content (AvgIpc) is 3.65. The third-order valence-electron chi connectivity index (χ3n) is 7.72. The minimum atomic E-state index is -1.35. The van der Waals surface area contributed by atoms with E-state index in [2.05, 4.69) is 30.6 Å². The van der Waals surface area contributed by atoms with Crippen LogP contribution in [-0.2, 0) is 26.2 Å². The zero-order chi connectivity index (χ0) is 28.1. The molecular weight excluding hydrogens is 522 g/mol. The van der Waals surface area contributed by atoms with Gasteiger partial charge in [0.1, 0.15) is 29.6 Å². The van der Waals surface area contributed by atoms with E-state index in [1.165, 1.54) is 22.2 Å². The lowest BCUT2D eigenvalue weighted by molar-refractivity contribution is -0.128. The highest BCUT2D eigenvalue weighted by Crippen LogP contribution is 2.53. The van der Waals surface area contributed by atoms with Gasteiger partial charge in [-0.05, 0) is 30.5 Å². The number of para-hydroxylation sites is 1. The van der Waals surface area contributed by atoms with Crippen molar-refractivity contribution >= 4 is 40.4 Å². The van der Waals surface area contributed by atoms with Gasteiger partial charge in [-0.3, -0.25) is 14.4 Å². The van der Waals surface area contributed by atoms with Crippen molar-refractivity contribution in [2.45, 2.75) is 25.2 Å². The van der Waals surface area contributed by atoms with E-state index < -0.39 is 5.41 Å². The minimum Gasteiger partial charge on any atom is -0.354 e. The smallest absolute Gasteiger partial charge is 0.243 e. The Bertz CT molecular complexity index is 1840. The molecule has 204 valence electrons. The van der Waals surface area contributed by atoms with Gasteiger partial charge in [0.15, 0.2) is 11.5 Å². The molecule has 1 atom stereocenters. The van der Waals surface area contributed by atoms with Crippen molar-refractivity contribution < 1.29 is 14.4 Å². The fourth-order valence-electron chi connectivity index (χ4n) is 6.01. The summed E-state index contributed by atoms with van der Waals surface area (Å²) in [7, 11) is 0. The van der Waals surface area contributed by atoms with Crippen LogP contribution in [0.3, 0.4) is 0 Å². The van der Waals surface area contributed by atoms with Crippen molar-refractivity contribution in [3.8, 4) is 5.82 Å². The highest BCUT2D eigenvalue weighted by atomic mass is 16.2. The number of carbonyl (C=O) groups excluding carboxylic acids is 3. The Morgan fingerprint density at radius 1 is 1.05 bits per heavy atom. The monoisotopic (exact) mass is 547 g/mol. The number of nitrogens with zero attached hydrogens (tertiary/aromatic N) is 6. The number of anilines is 2. The zero-order valence-corrected chi connectivity index (χ0v) is 22.1. The first kappa shape index (κ1) is 24.6. The van der Waals surface area contributed by atoms with Crippen LogP contribution in [0.25, 0.3) is 17.0 Å². The molecule has 1 spiro atoms. The molecule has 12 nitrogen and oxygen atoms in total. The van der Waals surface area contributed by atoms with Crippen LogP contribution in [0.5, 0.6) is 0 Å². The van der Waals surface area contributed by atoms with Gasteiger partial charge in [0, 0.05) is 24.2 Å². The molecule has 0 fully saturated rings. The van der Waals surface area contributed by atoms with E-state index in [4.69, 9.17) is 5.10 Å². The molecule has 3 N–H and O–H groups in total. The number of hydrogen-bond acceptors (Lipinski definition) is 7. The van der Waals surface area contributed by atoms with E-state index in [0.717, 1.165) is 5.56 Å². The summed E-state index contributed by atoms with van der Waals surface area (Å²) >= 11 is 0. The first-order valence-corrected chi connectivity index (χ1v) is 13.2. The normalized spacial score (nSPS) is 17.5. The molecule has 7 rings (SSSR count). The van der Waals surface area contributed by atoms with Crippen LogP contribution in [0.2, 0.25) is 0 Å². The van der Waals surface area contributed by atoms with Gasteiger partial charge in [-0.1, -0.05) is 48.5 Å². The zero-order valence-electron chi connectivity index (χ0n) is 22.1. The largest absolute Gasteiger partial charge is 0.354 e. The van der Waals surface area contributed by atoms with Crippen LogP contribution in [0, 0.1) is 6.92 Å². The molecule has 0 saturated heterocycles. The highest BCUT2D eigenvalue weighted by molar-refractivity contribution is 6.17. The number of fused-ring (bicyclic) bond motifs is 5. The number of carbonyl (C=O) groups is 3. The number of rotatable bonds is 6. The molecule has 3 amide bonds. The molecule has 0 radical (unpaired) electrons. The number of aromatic amines is 1. The van der Waals surface area contributed by atoms with E-state index >= 15 is 0 Å². The molecule has 5 heterocycles. The van der Waals surface area contributed by atoms with Gasteiger partial charge in [0.25, 0.3) is 0 Å². The Balaban J connectivity index is 1.27. The van der Waals surface area contributed by atoms with Gasteiger partial charge in [0.2, 0.25) is 17.7 Å². The lowest BCUT2D eigenvalue weighted by Gasteiger charge is -2.33. The molecule has 0 aliphatic carbocycles. The Morgan fingerprint density at radius 2 is 1.85 bits per heavy atom. The van der Waals surface area contributed by atoms with Crippen LogP contribution in [0.1, 0.15) is 28.8 Å². The van der Waals surface area contributed by atoms with Gasteiger partial charge in [0.05, 0.1) is 12.0 Å². The van der Waals surface area contributed by atoms with Crippen LogP contribution < -0.4 is 15.5 Å². The summed E-state index contributed by atoms with van der Waals surface area (Å²) < 4.78 is 1.51. The summed E-state index contributed by atoms with van der Waals surface area (Å²) in [5, 5.41) is 10.6. The van der Waals surface area contributed by atoms with Gasteiger partial charge in [-0.2, -0.15) is 9.78 Å². The minimum absolute atomic E-state index is 0.113. The van der Waals surface area contributed by atoms with Crippen LogP contribution in [0.4, 0.5) is 11.5 Å². The maximum absolute atomic E-state index is 14.4. The Labute approximate surface area is 233 Å². The summed E-state index contributed by atoms with van der Waals surface area (Å²) in [6, 6.07) is 17.2. The van der Waals surface area contributed by atoms with Gasteiger partial charge in [-0.25, -0.2) is 15.0 Å². The molecule has 41 heavy (non-hydrogen) atoms. The number of H-pyrrole nitrogens is 1. The summed E-state index contributed by atoms with van der Waals surface area (Å²) in [5.74, 6) is -0.221. The summed E-state index contributed by atoms with van der Waals surface area (Å²) in [6.07, 6.45) is 3.44. The Kier molecular flexibility index (Phi) is 5.63. The van der Waals surface area contributed by atoms with Crippen molar-refractivity contribution in [2.75, 3.05) is 23.3 Å². The van der Waals surface area contributed by atoms with Gasteiger partial charge in [-0.15, -0.1) is 0 Å².